The van der Waals surface area contributed by atoms with Gasteiger partial charge in [0.25, 0.3) is 0 Å². The zero-order chi connectivity index (χ0) is 12.1. The maximum Gasteiger partial charge on any atom is 0.163 e. The molecule has 0 saturated heterocycles. The highest BCUT2D eigenvalue weighted by atomic mass is 15.3. The van der Waals surface area contributed by atoms with Crippen molar-refractivity contribution in [3.63, 3.8) is 0 Å². The van der Waals surface area contributed by atoms with Gasteiger partial charge in [-0.05, 0) is 13.3 Å². The van der Waals surface area contributed by atoms with E-state index in [2.05, 4.69) is 32.3 Å². The fraction of sp³-hybridized carbons (Fsp3) is 0.455. The highest BCUT2D eigenvalue weighted by Gasteiger charge is 2.12. The molecule has 2 rings (SSSR count). The fourth-order valence-corrected chi connectivity index (χ4v) is 1.72. The topological polar surface area (TPSA) is 68.5 Å². The van der Waals surface area contributed by atoms with Crippen molar-refractivity contribution < 1.29 is 0 Å². The summed E-state index contributed by atoms with van der Waals surface area (Å²) in [6.07, 6.45) is 6.65. The van der Waals surface area contributed by atoms with E-state index in [1.54, 1.807) is 17.3 Å². The van der Waals surface area contributed by atoms with Gasteiger partial charge in [0.15, 0.2) is 5.82 Å². The van der Waals surface area contributed by atoms with Gasteiger partial charge in [-0.3, -0.25) is 0 Å². The van der Waals surface area contributed by atoms with Crippen LogP contribution in [0.5, 0.6) is 0 Å². The molecule has 0 aliphatic heterocycles. The third kappa shape index (κ3) is 2.41. The van der Waals surface area contributed by atoms with Gasteiger partial charge < -0.3 is 5.32 Å². The number of aromatic nitrogens is 5. The van der Waals surface area contributed by atoms with Crippen LogP contribution in [0.3, 0.4) is 0 Å². The Hall–Kier alpha value is -1.98. The molecule has 0 radical (unpaired) electrons. The van der Waals surface area contributed by atoms with Crippen LogP contribution in [0.4, 0.5) is 5.82 Å². The Morgan fingerprint density at radius 3 is 2.76 bits per heavy atom. The van der Waals surface area contributed by atoms with Crippen molar-refractivity contribution in [3.8, 4) is 5.82 Å². The van der Waals surface area contributed by atoms with E-state index in [0.29, 0.717) is 0 Å². The first-order chi connectivity index (χ1) is 8.36. The largest absolute Gasteiger partial charge is 0.370 e. The van der Waals surface area contributed by atoms with Crippen LogP contribution in [0.1, 0.15) is 25.8 Å². The lowest BCUT2D eigenvalue weighted by Gasteiger charge is -2.12. The highest BCUT2D eigenvalue weighted by molar-refractivity contribution is 5.51. The Labute approximate surface area is 100 Å². The van der Waals surface area contributed by atoms with Crippen LogP contribution >= 0.6 is 0 Å². The van der Waals surface area contributed by atoms with E-state index in [4.69, 9.17) is 0 Å². The summed E-state index contributed by atoms with van der Waals surface area (Å²) < 4.78 is 1.67. The summed E-state index contributed by atoms with van der Waals surface area (Å²) in [5.74, 6) is 1.69. The first-order valence-electron chi connectivity index (χ1n) is 5.79. The molecule has 0 aromatic carbocycles. The SMILES string of the molecule is CCCc1c(NCC)ncnc1-n1cncn1. The van der Waals surface area contributed by atoms with Crippen LogP contribution in [0.15, 0.2) is 19.0 Å². The second-order valence-corrected chi connectivity index (χ2v) is 3.64. The van der Waals surface area contributed by atoms with Crippen LogP contribution in [0.25, 0.3) is 5.82 Å². The second-order valence-electron chi connectivity index (χ2n) is 3.64. The predicted octanol–water partition coefficient (Wildman–Crippen LogP) is 1.44. The molecule has 2 aromatic heterocycles. The average molecular weight is 232 g/mol. The van der Waals surface area contributed by atoms with Crippen molar-refractivity contribution >= 4 is 5.82 Å². The van der Waals surface area contributed by atoms with Crippen molar-refractivity contribution in [2.45, 2.75) is 26.7 Å². The fourth-order valence-electron chi connectivity index (χ4n) is 1.72. The summed E-state index contributed by atoms with van der Waals surface area (Å²) >= 11 is 0. The zero-order valence-electron chi connectivity index (χ0n) is 10.1. The molecule has 0 aliphatic carbocycles. The lowest BCUT2D eigenvalue weighted by Crippen LogP contribution is -2.10. The van der Waals surface area contributed by atoms with Crippen LogP contribution < -0.4 is 5.32 Å². The molecule has 17 heavy (non-hydrogen) atoms. The van der Waals surface area contributed by atoms with Gasteiger partial charge in [0.2, 0.25) is 0 Å². The minimum absolute atomic E-state index is 0.801. The Morgan fingerprint density at radius 1 is 1.24 bits per heavy atom. The van der Waals surface area contributed by atoms with Crippen molar-refractivity contribution in [3.05, 3.63) is 24.5 Å². The summed E-state index contributed by atoms with van der Waals surface area (Å²) in [6, 6.07) is 0. The minimum atomic E-state index is 0.801. The maximum absolute atomic E-state index is 4.29. The third-order valence-electron chi connectivity index (χ3n) is 2.40. The molecule has 1 N–H and O–H groups in total. The van der Waals surface area contributed by atoms with E-state index >= 15 is 0 Å². The molecule has 90 valence electrons. The molecule has 0 unspecified atom stereocenters. The Kier molecular flexibility index (Phi) is 3.64. The van der Waals surface area contributed by atoms with E-state index in [1.807, 2.05) is 6.92 Å². The number of hydrogen-bond donors (Lipinski definition) is 1. The van der Waals surface area contributed by atoms with E-state index in [1.165, 1.54) is 6.33 Å². The van der Waals surface area contributed by atoms with Gasteiger partial charge >= 0.3 is 0 Å². The van der Waals surface area contributed by atoms with Crippen LogP contribution in [-0.4, -0.2) is 31.3 Å². The molecule has 0 saturated carbocycles. The molecule has 6 heteroatoms. The van der Waals surface area contributed by atoms with Crippen molar-refractivity contribution in [2.24, 2.45) is 0 Å². The first kappa shape index (κ1) is 11.5. The van der Waals surface area contributed by atoms with Gasteiger partial charge in [-0.2, -0.15) is 5.10 Å². The van der Waals surface area contributed by atoms with E-state index in [-0.39, 0.29) is 0 Å². The number of anilines is 1. The molecule has 0 fully saturated rings. The molecular weight excluding hydrogens is 216 g/mol. The van der Waals surface area contributed by atoms with Crippen molar-refractivity contribution in [1.82, 2.24) is 24.7 Å². The Balaban J connectivity index is 2.46. The Morgan fingerprint density at radius 2 is 2.12 bits per heavy atom. The van der Waals surface area contributed by atoms with Gasteiger partial charge in [0.05, 0.1) is 0 Å². The molecule has 6 nitrogen and oxygen atoms in total. The number of rotatable bonds is 5. The second kappa shape index (κ2) is 5.38. The summed E-state index contributed by atoms with van der Waals surface area (Å²) in [4.78, 5) is 12.5. The molecule has 0 amide bonds. The quantitative estimate of drug-likeness (QED) is 0.844. The predicted molar refractivity (Wildman–Crippen MR) is 65.1 cm³/mol. The number of hydrogen-bond acceptors (Lipinski definition) is 5. The highest BCUT2D eigenvalue weighted by Crippen LogP contribution is 2.19. The van der Waals surface area contributed by atoms with Gasteiger partial charge in [0, 0.05) is 12.1 Å². The molecule has 2 aromatic rings. The van der Waals surface area contributed by atoms with Gasteiger partial charge in [0.1, 0.15) is 24.8 Å². The molecule has 0 spiro atoms. The molecule has 2 heterocycles. The first-order valence-corrected chi connectivity index (χ1v) is 5.79. The third-order valence-corrected chi connectivity index (χ3v) is 2.40. The summed E-state index contributed by atoms with van der Waals surface area (Å²) in [5, 5.41) is 7.37. The van der Waals surface area contributed by atoms with Gasteiger partial charge in [-0.1, -0.05) is 13.3 Å². The molecular formula is C11H16N6. The summed E-state index contributed by atoms with van der Waals surface area (Å²) in [7, 11) is 0. The molecule has 0 bridgehead atoms. The average Bonchev–Trinajstić information content (AvgIpc) is 2.85. The van der Waals surface area contributed by atoms with Crippen molar-refractivity contribution in [1.29, 1.82) is 0 Å². The minimum Gasteiger partial charge on any atom is -0.370 e. The van der Waals surface area contributed by atoms with Gasteiger partial charge in [-0.25, -0.2) is 19.6 Å². The summed E-state index contributed by atoms with van der Waals surface area (Å²) in [5.41, 5.74) is 1.09. The molecule has 0 aliphatic rings. The lowest BCUT2D eigenvalue weighted by molar-refractivity contribution is 0.798. The zero-order valence-corrected chi connectivity index (χ0v) is 10.1. The normalized spacial score (nSPS) is 10.5. The van der Waals surface area contributed by atoms with E-state index < -0.39 is 0 Å². The van der Waals surface area contributed by atoms with Crippen LogP contribution in [0, 0.1) is 0 Å². The van der Waals surface area contributed by atoms with Crippen molar-refractivity contribution in [2.75, 3.05) is 11.9 Å². The van der Waals surface area contributed by atoms with Crippen LogP contribution in [0.2, 0.25) is 0 Å². The number of nitrogens with zero attached hydrogens (tertiary/aromatic N) is 5. The Bertz CT molecular complexity index is 465. The van der Waals surface area contributed by atoms with E-state index in [9.17, 15) is 0 Å². The summed E-state index contributed by atoms with van der Waals surface area (Å²) in [6.45, 7) is 5.02. The standard InChI is InChI=1S/C11H16N6/c1-3-5-9-10(13-4-2)14-7-15-11(9)17-8-12-6-16-17/h6-8H,3-5H2,1-2H3,(H,13,14,15). The van der Waals surface area contributed by atoms with Gasteiger partial charge in [-0.15, -0.1) is 0 Å². The lowest BCUT2D eigenvalue weighted by atomic mass is 10.1. The smallest absolute Gasteiger partial charge is 0.163 e. The maximum atomic E-state index is 4.29. The number of nitrogens with one attached hydrogen (secondary N) is 1. The van der Waals surface area contributed by atoms with E-state index in [0.717, 1.165) is 36.6 Å². The molecule has 0 atom stereocenters. The van der Waals surface area contributed by atoms with Crippen LogP contribution in [-0.2, 0) is 6.42 Å². The monoisotopic (exact) mass is 232 g/mol.